The van der Waals surface area contributed by atoms with E-state index in [9.17, 15) is 4.39 Å². The van der Waals surface area contributed by atoms with Gasteiger partial charge in [-0.3, -0.25) is 0 Å². The molecule has 0 saturated carbocycles. The number of alkyl halides is 2. The van der Waals surface area contributed by atoms with Gasteiger partial charge in [0, 0.05) is 0 Å². The predicted octanol–water partition coefficient (Wildman–Crippen LogP) is 4.72. The van der Waals surface area contributed by atoms with E-state index in [2.05, 4.69) is 15.9 Å². The topological polar surface area (TPSA) is 0 Å². The fraction of sp³-hybridized carbons (Fsp3) is 0.0769. The molecule has 0 aliphatic carbocycles. The highest BCUT2D eigenvalue weighted by molar-refractivity contribution is 9.09. The molecule has 0 amide bonds. The van der Waals surface area contributed by atoms with Crippen LogP contribution in [0.4, 0.5) is 4.39 Å². The molecule has 76 valence electrons. The highest BCUT2D eigenvalue weighted by Crippen LogP contribution is 2.26. The molecule has 15 heavy (non-hydrogen) atoms. The first-order chi connectivity index (χ1) is 7.27. The van der Waals surface area contributed by atoms with Gasteiger partial charge in [0.25, 0.3) is 0 Å². The van der Waals surface area contributed by atoms with Gasteiger partial charge in [0.2, 0.25) is 0 Å². The summed E-state index contributed by atoms with van der Waals surface area (Å²) in [6, 6.07) is 17.5. The lowest BCUT2D eigenvalue weighted by molar-refractivity contribution is 0.479. The van der Waals surface area contributed by atoms with Crippen LogP contribution in [0.2, 0.25) is 0 Å². The van der Waals surface area contributed by atoms with Gasteiger partial charge in [-0.2, -0.15) is 0 Å². The van der Waals surface area contributed by atoms with E-state index in [0.717, 1.165) is 11.1 Å². The molecule has 0 spiro atoms. The molecule has 0 nitrogen and oxygen atoms in total. The normalized spacial score (nSPS) is 12.4. The minimum absolute atomic E-state index is 0.648. The van der Waals surface area contributed by atoms with E-state index in [-0.39, 0.29) is 0 Å². The Morgan fingerprint density at radius 3 is 1.87 bits per heavy atom. The Labute approximate surface area is 96.9 Å². The minimum atomic E-state index is -1.08. The fourth-order valence-electron chi connectivity index (χ4n) is 1.45. The molecule has 0 aliphatic heterocycles. The molecular weight excluding hydrogens is 255 g/mol. The van der Waals surface area contributed by atoms with Crippen molar-refractivity contribution in [3.8, 4) is 11.1 Å². The van der Waals surface area contributed by atoms with Crippen LogP contribution in [0.5, 0.6) is 0 Å². The molecule has 0 fully saturated rings. The summed E-state index contributed by atoms with van der Waals surface area (Å²) in [4.78, 5) is 0. The van der Waals surface area contributed by atoms with Gasteiger partial charge in [-0.1, -0.05) is 54.6 Å². The summed E-state index contributed by atoms with van der Waals surface area (Å²) in [5.41, 5.74) is 2.90. The maximum atomic E-state index is 12.9. The van der Waals surface area contributed by atoms with E-state index in [1.54, 1.807) is 12.1 Å². The van der Waals surface area contributed by atoms with Crippen molar-refractivity contribution in [3.63, 3.8) is 0 Å². The smallest absolute Gasteiger partial charge is 0.180 e. The standard InChI is InChI=1S/C13H10BrF/c14-13(15)12-8-6-11(7-9-12)10-4-2-1-3-5-10/h1-9,13H. The second-order valence-corrected chi connectivity index (χ2v) is 4.09. The molecule has 2 aromatic carbocycles. The van der Waals surface area contributed by atoms with Crippen LogP contribution >= 0.6 is 15.9 Å². The summed E-state index contributed by atoms with van der Waals surface area (Å²) in [6.07, 6.45) is 0. The maximum Gasteiger partial charge on any atom is 0.180 e. The number of benzene rings is 2. The van der Waals surface area contributed by atoms with Crippen LogP contribution in [-0.4, -0.2) is 0 Å². The van der Waals surface area contributed by atoms with Crippen molar-refractivity contribution in [2.45, 2.75) is 5.08 Å². The lowest BCUT2D eigenvalue weighted by atomic mass is 10.0. The Morgan fingerprint density at radius 1 is 0.800 bits per heavy atom. The van der Waals surface area contributed by atoms with Crippen LogP contribution in [0, 0.1) is 0 Å². The molecule has 0 bridgehead atoms. The molecule has 0 radical (unpaired) electrons. The van der Waals surface area contributed by atoms with Crippen LogP contribution in [0.3, 0.4) is 0 Å². The third-order valence-electron chi connectivity index (χ3n) is 2.27. The lowest BCUT2D eigenvalue weighted by Crippen LogP contribution is -1.82. The van der Waals surface area contributed by atoms with Crippen molar-refractivity contribution in [1.29, 1.82) is 0 Å². The molecule has 0 N–H and O–H groups in total. The van der Waals surface area contributed by atoms with E-state index >= 15 is 0 Å². The molecule has 2 rings (SSSR count). The van der Waals surface area contributed by atoms with Crippen molar-refractivity contribution < 1.29 is 4.39 Å². The molecule has 0 saturated heterocycles. The molecule has 1 atom stereocenters. The lowest BCUT2D eigenvalue weighted by Gasteiger charge is -2.04. The molecule has 1 unspecified atom stereocenters. The summed E-state index contributed by atoms with van der Waals surface area (Å²) < 4.78 is 12.9. The van der Waals surface area contributed by atoms with Crippen LogP contribution in [-0.2, 0) is 0 Å². The van der Waals surface area contributed by atoms with E-state index in [1.807, 2.05) is 42.5 Å². The van der Waals surface area contributed by atoms with Gasteiger partial charge in [0.05, 0.1) is 0 Å². The van der Waals surface area contributed by atoms with E-state index < -0.39 is 5.08 Å². The Balaban J connectivity index is 2.32. The molecule has 0 aliphatic rings. The SMILES string of the molecule is FC(Br)c1ccc(-c2ccccc2)cc1. The second-order valence-electron chi connectivity index (χ2n) is 3.29. The second kappa shape index (κ2) is 4.58. The van der Waals surface area contributed by atoms with Gasteiger partial charge in [0.1, 0.15) is 0 Å². The Morgan fingerprint density at radius 2 is 1.33 bits per heavy atom. The van der Waals surface area contributed by atoms with Gasteiger partial charge in [-0.25, -0.2) is 4.39 Å². The fourth-order valence-corrected chi connectivity index (χ4v) is 1.76. The zero-order valence-electron chi connectivity index (χ0n) is 8.03. The monoisotopic (exact) mass is 264 g/mol. The summed E-state index contributed by atoms with van der Waals surface area (Å²) in [7, 11) is 0. The predicted molar refractivity (Wildman–Crippen MR) is 64.7 cm³/mol. The molecule has 0 aromatic heterocycles. The quantitative estimate of drug-likeness (QED) is 0.689. The number of hydrogen-bond acceptors (Lipinski definition) is 0. The number of rotatable bonds is 2. The largest absolute Gasteiger partial charge is 0.230 e. The molecule has 0 heterocycles. The molecular formula is C13H10BrF. The Hall–Kier alpha value is -1.15. The summed E-state index contributed by atoms with van der Waals surface area (Å²) >= 11 is 2.90. The summed E-state index contributed by atoms with van der Waals surface area (Å²) in [5.74, 6) is 0. The summed E-state index contributed by atoms with van der Waals surface area (Å²) in [6.45, 7) is 0. The number of halogens is 2. The van der Waals surface area contributed by atoms with E-state index in [0.29, 0.717) is 5.56 Å². The van der Waals surface area contributed by atoms with Gasteiger partial charge in [0.15, 0.2) is 5.08 Å². The first kappa shape index (κ1) is 10.4. The van der Waals surface area contributed by atoms with Crippen molar-refractivity contribution in [1.82, 2.24) is 0 Å². The molecule has 2 aromatic rings. The van der Waals surface area contributed by atoms with Gasteiger partial charge >= 0.3 is 0 Å². The highest BCUT2D eigenvalue weighted by Gasteiger charge is 2.03. The third-order valence-corrected chi connectivity index (χ3v) is 2.80. The third kappa shape index (κ3) is 2.45. The maximum absolute atomic E-state index is 12.9. The van der Waals surface area contributed by atoms with Crippen LogP contribution in [0.1, 0.15) is 10.6 Å². The first-order valence-corrected chi connectivity index (χ1v) is 5.62. The molecule has 2 heteroatoms. The highest BCUT2D eigenvalue weighted by atomic mass is 79.9. The number of hydrogen-bond donors (Lipinski definition) is 0. The zero-order chi connectivity index (χ0) is 10.7. The van der Waals surface area contributed by atoms with E-state index in [1.165, 1.54) is 0 Å². The minimum Gasteiger partial charge on any atom is -0.230 e. The van der Waals surface area contributed by atoms with Crippen molar-refractivity contribution >= 4 is 15.9 Å². The zero-order valence-corrected chi connectivity index (χ0v) is 9.62. The average molecular weight is 265 g/mol. The van der Waals surface area contributed by atoms with Crippen molar-refractivity contribution in [2.75, 3.05) is 0 Å². The van der Waals surface area contributed by atoms with Crippen molar-refractivity contribution in [3.05, 3.63) is 60.2 Å². The Bertz CT molecular complexity index is 420. The van der Waals surface area contributed by atoms with Gasteiger partial charge < -0.3 is 0 Å². The van der Waals surface area contributed by atoms with Crippen LogP contribution in [0.15, 0.2) is 54.6 Å². The van der Waals surface area contributed by atoms with Crippen LogP contribution < -0.4 is 0 Å². The van der Waals surface area contributed by atoms with Gasteiger partial charge in [-0.15, -0.1) is 0 Å². The van der Waals surface area contributed by atoms with Gasteiger partial charge in [-0.05, 0) is 32.6 Å². The Kier molecular flexibility index (Phi) is 3.17. The first-order valence-electron chi connectivity index (χ1n) is 4.71. The van der Waals surface area contributed by atoms with Crippen molar-refractivity contribution in [2.24, 2.45) is 0 Å². The van der Waals surface area contributed by atoms with Crippen LogP contribution in [0.25, 0.3) is 11.1 Å². The van der Waals surface area contributed by atoms with E-state index in [4.69, 9.17) is 0 Å². The average Bonchev–Trinajstić information content (AvgIpc) is 2.30. The summed E-state index contributed by atoms with van der Waals surface area (Å²) in [5, 5.41) is -1.08.